The fourth-order valence-electron chi connectivity index (χ4n) is 4.04. The van der Waals surface area contributed by atoms with Gasteiger partial charge >= 0.3 is 11.9 Å². The Morgan fingerprint density at radius 3 is 2.56 bits per heavy atom. The first kappa shape index (κ1) is 26.0. The number of rotatable bonds is 8. The molecular formula is C26H26BrNO7S. The number of halogens is 1. The minimum Gasteiger partial charge on any atom is -0.465 e. The summed E-state index contributed by atoms with van der Waals surface area (Å²) in [6, 6.07) is 7.49. The van der Waals surface area contributed by atoms with E-state index in [0.29, 0.717) is 30.9 Å². The molecule has 1 aromatic heterocycles. The molecule has 1 N–H and O–H groups in total. The minimum atomic E-state index is -0.658. The highest BCUT2D eigenvalue weighted by Crippen LogP contribution is 2.40. The van der Waals surface area contributed by atoms with Crippen molar-refractivity contribution in [1.29, 1.82) is 0 Å². The molecule has 0 amide bonds. The third kappa shape index (κ3) is 5.66. The molecule has 0 fully saturated rings. The van der Waals surface area contributed by atoms with Gasteiger partial charge in [-0.2, -0.15) is 0 Å². The molecule has 0 bridgehead atoms. The molecule has 190 valence electrons. The number of aliphatic hydroxyl groups is 1. The summed E-state index contributed by atoms with van der Waals surface area (Å²) < 4.78 is 21.9. The molecule has 0 saturated heterocycles. The molecule has 3 heterocycles. The Morgan fingerprint density at radius 1 is 1.17 bits per heavy atom. The first-order valence-electron chi connectivity index (χ1n) is 11.2. The second-order valence-electron chi connectivity index (χ2n) is 8.08. The van der Waals surface area contributed by atoms with Crippen LogP contribution < -0.4 is 9.47 Å². The molecule has 2 aromatic rings. The Kier molecular flexibility index (Phi) is 8.50. The minimum absolute atomic E-state index is 0.00401. The molecule has 0 radical (unpaired) electrons. The molecule has 1 aromatic carbocycles. The summed E-state index contributed by atoms with van der Waals surface area (Å²) in [4.78, 5) is 28.7. The Labute approximate surface area is 221 Å². The maximum Gasteiger partial charge on any atom is 0.340 e. The fourth-order valence-corrected chi connectivity index (χ4v) is 5.30. The van der Waals surface area contributed by atoms with Gasteiger partial charge in [0.25, 0.3) is 0 Å². The lowest BCUT2D eigenvalue weighted by molar-refractivity contribution is -0.139. The van der Waals surface area contributed by atoms with Crippen LogP contribution in [0.4, 0.5) is 0 Å². The molecule has 1 unspecified atom stereocenters. The Bertz CT molecular complexity index is 1220. The zero-order chi connectivity index (χ0) is 25.7. The average Bonchev–Trinajstić information content (AvgIpc) is 3.56. The Hall–Kier alpha value is -3.08. The van der Waals surface area contributed by atoms with Gasteiger partial charge in [0.2, 0.25) is 6.79 Å². The second-order valence-corrected chi connectivity index (χ2v) is 9.92. The van der Waals surface area contributed by atoms with E-state index >= 15 is 0 Å². The number of nitrogens with zero attached hydrogens (tertiary/aromatic N) is 1. The van der Waals surface area contributed by atoms with Crippen molar-refractivity contribution in [2.75, 3.05) is 27.6 Å². The van der Waals surface area contributed by atoms with Crippen LogP contribution >= 0.6 is 27.3 Å². The van der Waals surface area contributed by atoms with Crippen LogP contribution in [0.2, 0.25) is 0 Å². The number of fused-ring (bicyclic) bond motifs is 1. The number of allylic oxidation sites excluding steroid dienone is 2. The fraction of sp³-hybridized carbons (Fsp3) is 0.308. The zero-order valence-electron chi connectivity index (χ0n) is 19.9. The van der Waals surface area contributed by atoms with Crippen LogP contribution in [0.5, 0.6) is 11.5 Å². The van der Waals surface area contributed by atoms with E-state index in [1.807, 2.05) is 34.5 Å². The highest BCUT2D eigenvalue weighted by atomic mass is 79.9. The predicted octanol–water partition coefficient (Wildman–Crippen LogP) is 4.65. The molecule has 10 heteroatoms. The van der Waals surface area contributed by atoms with Crippen molar-refractivity contribution < 1.29 is 33.6 Å². The first-order valence-corrected chi connectivity index (χ1v) is 12.9. The van der Waals surface area contributed by atoms with Crippen molar-refractivity contribution in [3.63, 3.8) is 0 Å². The van der Waals surface area contributed by atoms with E-state index in [-0.39, 0.29) is 30.6 Å². The van der Waals surface area contributed by atoms with Gasteiger partial charge in [-0.15, -0.1) is 11.3 Å². The van der Waals surface area contributed by atoms with Crippen LogP contribution in [-0.4, -0.2) is 49.6 Å². The molecule has 8 nitrogen and oxygen atoms in total. The Balaban J connectivity index is 1.88. The summed E-state index contributed by atoms with van der Waals surface area (Å²) in [5.74, 6) is -0.0181. The number of methoxy groups -OCH3 is 2. The summed E-state index contributed by atoms with van der Waals surface area (Å²) in [6.07, 6.45) is 6.36. The highest BCUT2D eigenvalue weighted by molar-refractivity contribution is 9.10. The van der Waals surface area contributed by atoms with Gasteiger partial charge in [-0.05, 0) is 53.6 Å². The number of hydrogen-bond donors (Lipinski definition) is 1. The quantitative estimate of drug-likeness (QED) is 0.454. The number of hydrogen-bond acceptors (Lipinski definition) is 9. The molecule has 36 heavy (non-hydrogen) atoms. The molecule has 0 saturated carbocycles. The molecule has 0 aliphatic carbocycles. The Morgan fingerprint density at radius 2 is 1.89 bits per heavy atom. The van der Waals surface area contributed by atoms with Gasteiger partial charge in [-0.3, -0.25) is 0 Å². The van der Waals surface area contributed by atoms with E-state index in [4.69, 9.17) is 18.9 Å². The van der Waals surface area contributed by atoms with Crippen LogP contribution in [0, 0.1) is 0 Å². The molecule has 2 aliphatic heterocycles. The van der Waals surface area contributed by atoms with Gasteiger partial charge in [0.1, 0.15) is 0 Å². The van der Waals surface area contributed by atoms with Gasteiger partial charge in [0, 0.05) is 28.7 Å². The SMILES string of the molecule is COC(=O)C1=CC(CCCO)=CC(c2cccs2)N(Cc2cc3c(cc2Br)OCO3)C=C1C(=O)OC. The van der Waals surface area contributed by atoms with E-state index in [1.54, 1.807) is 23.6 Å². The van der Waals surface area contributed by atoms with Gasteiger partial charge in [-0.1, -0.05) is 28.1 Å². The monoisotopic (exact) mass is 575 g/mol. The molecule has 0 spiro atoms. The largest absolute Gasteiger partial charge is 0.465 e. The van der Waals surface area contributed by atoms with Crippen LogP contribution in [0.15, 0.2) is 69.2 Å². The van der Waals surface area contributed by atoms with Gasteiger partial charge < -0.3 is 29.0 Å². The normalized spacial score (nSPS) is 16.9. The standard InChI is InChI=1S/C26H26BrNO7S/c1-32-25(30)18-9-16(5-3-7-29)10-21(24-6-4-8-36-24)28(14-19(18)26(31)33-2)13-17-11-22-23(12-20(17)27)35-15-34-22/h4,6,8-12,14,21,29H,3,5,7,13,15H2,1-2H3. The van der Waals surface area contributed by atoms with Crippen molar-refractivity contribution in [3.05, 3.63) is 79.6 Å². The van der Waals surface area contributed by atoms with E-state index < -0.39 is 11.9 Å². The van der Waals surface area contributed by atoms with Crippen LogP contribution in [-0.2, 0) is 25.6 Å². The van der Waals surface area contributed by atoms with E-state index in [9.17, 15) is 14.7 Å². The van der Waals surface area contributed by atoms with Crippen LogP contribution in [0.25, 0.3) is 0 Å². The summed E-state index contributed by atoms with van der Waals surface area (Å²) >= 11 is 5.22. The number of ether oxygens (including phenoxy) is 4. The summed E-state index contributed by atoms with van der Waals surface area (Å²) in [5.41, 5.74) is 1.87. The van der Waals surface area contributed by atoms with Crippen molar-refractivity contribution >= 4 is 39.2 Å². The van der Waals surface area contributed by atoms with E-state index in [0.717, 1.165) is 20.5 Å². The third-order valence-corrected chi connectivity index (χ3v) is 7.49. The van der Waals surface area contributed by atoms with Gasteiger partial charge in [-0.25, -0.2) is 9.59 Å². The van der Waals surface area contributed by atoms with Crippen LogP contribution in [0.1, 0.15) is 29.3 Å². The summed E-state index contributed by atoms with van der Waals surface area (Å²) in [6.45, 7) is 0.526. The lowest BCUT2D eigenvalue weighted by Crippen LogP contribution is -2.27. The topological polar surface area (TPSA) is 94.5 Å². The summed E-state index contributed by atoms with van der Waals surface area (Å²) in [5, 5.41) is 11.5. The van der Waals surface area contributed by atoms with E-state index in [2.05, 4.69) is 22.0 Å². The maximum absolute atomic E-state index is 12.9. The highest BCUT2D eigenvalue weighted by Gasteiger charge is 2.29. The smallest absolute Gasteiger partial charge is 0.340 e. The van der Waals surface area contributed by atoms with Crippen molar-refractivity contribution in [2.45, 2.75) is 25.4 Å². The lowest BCUT2D eigenvalue weighted by atomic mass is 9.96. The molecular weight excluding hydrogens is 550 g/mol. The molecule has 4 rings (SSSR count). The second kappa shape index (κ2) is 11.8. The number of benzene rings is 1. The van der Waals surface area contributed by atoms with Crippen LogP contribution in [0.3, 0.4) is 0 Å². The van der Waals surface area contributed by atoms with E-state index in [1.165, 1.54) is 14.2 Å². The first-order chi connectivity index (χ1) is 17.4. The number of carbonyl (C=O) groups is 2. The van der Waals surface area contributed by atoms with Crippen molar-refractivity contribution in [1.82, 2.24) is 4.90 Å². The van der Waals surface area contributed by atoms with Gasteiger partial charge in [0.05, 0.1) is 31.4 Å². The predicted molar refractivity (Wildman–Crippen MR) is 137 cm³/mol. The van der Waals surface area contributed by atoms with Gasteiger partial charge in [0.15, 0.2) is 11.5 Å². The van der Waals surface area contributed by atoms with Crippen molar-refractivity contribution in [2.24, 2.45) is 0 Å². The van der Waals surface area contributed by atoms with Crippen molar-refractivity contribution in [3.8, 4) is 11.5 Å². The number of carbonyl (C=O) groups excluding carboxylic acids is 2. The lowest BCUT2D eigenvalue weighted by Gasteiger charge is -2.31. The number of thiophene rings is 1. The zero-order valence-corrected chi connectivity index (χ0v) is 22.3. The average molecular weight is 576 g/mol. The number of esters is 2. The molecule has 1 atom stereocenters. The summed E-state index contributed by atoms with van der Waals surface area (Å²) in [7, 11) is 2.54. The number of aliphatic hydroxyl groups excluding tert-OH is 1. The maximum atomic E-state index is 12.9. The third-order valence-electron chi connectivity index (χ3n) is 5.81. The molecule has 2 aliphatic rings.